The number of ether oxygens (including phenoxy) is 2. The first-order valence-electron chi connectivity index (χ1n) is 8.99. The molecule has 1 unspecified atom stereocenters. The normalized spacial score (nSPS) is 18.6. The van der Waals surface area contributed by atoms with Crippen molar-refractivity contribution in [3.8, 4) is 11.5 Å². The van der Waals surface area contributed by atoms with Gasteiger partial charge in [0.25, 0.3) is 0 Å². The van der Waals surface area contributed by atoms with Crippen LogP contribution in [0.25, 0.3) is 0 Å². The molecular formula is C20H23ClN2O3. The summed E-state index contributed by atoms with van der Waals surface area (Å²) in [6.45, 7) is 5.41. The lowest BCUT2D eigenvalue weighted by Gasteiger charge is -2.37. The Kier molecular flexibility index (Phi) is 5.20. The quantitative estimate of drug-likeness (QED) is 0.891. The van der Waals surface area contributed by atoms with Crippen molar-refractivity contribution in [2.75, 3.05) is 50.8 Å². The summed E-state index contributed by atoms with van der Waals surface area (Å²) in [7, 11) is 0. The highest BCUT2D eigenvalue weighted by atomic mass is 35.5. The van der Waals surface area contributed by atoms with Crippen LogP contribution in [0.3, 0.4) is 0 Å². The van der Waals surface area contributed by atoms with Gasteiger partial charge in [0.05, 0.1) is 6.10 Å². The molecular weight excluding hydrogens is 352 g/mol. The minimum atomic E-state index is -0.538. The number of benzene rings is 2. The summed E-state index contributed by atoms with van der Waals surface area (Å²) in [4.78, 5) is 4.63. The Bertz CT molecular complexity index is 762. The lowest BCUT2D eigenvalue weighted by atomic mass is 10.1. The molecule has 2 aromatic carbocycles. The van der Waals surface area contributed by atoms with E-state index in [1.165, 1.54) is 0 Å². The van der Waals surface area contributed by atoms with Crippen molar-refractivity contribution in [1.82, 2.24) is 4.90 Å². The first kappa shape index (κ1) is 17.5. The lowest BCUT2D eigenvalue weighted by molar-refractivity contribution is 0.108. The topological polar surface area (TPSA) is 45.2 Å². The fourth-order valence-corrected chi connectivity index (χ4v) is 3.66. The van der Waals surface area contributed by atoms with Crippen LogP contribution in [-0.4, -0.2) is 55.9 Å². The van der Waals surface area contributed by atoms with Gasteiger partial charge in [-0.3, -0.25) is 4.90 Å². The highest BCUT2D eigenvalue weighted by molar-refractivity contribution is 6.30. The van der Waals surface area contributed by atoms with E-state index in [-0.39, 0.29) is 0 Å². The van der Waals surface area contributed by atoms with Crippen LogP contribution in [0.15, 0.2) is 42.5 Å². The predicted octanol–water partition coefficient (Wildman–Crippen LogP) is 2.97. The Balaban J connectivity index is 1.34. The molecule has 2 aliphatic heterocycles. The maximum Gasteiger partial charge on any atom is 0.161 e. The fraction of sp³-hybridized carbons (Fsp3) is 0.400. The Morgan fingerprint density at radius 1 is 0.962 bits per heavy atom. The number of fused-ring (bicyclic) bond motifs is 1. The summed E-state index contributed by atoms with van der Waals surface area (Å²) < 4.78 is 11.1. The van der Waals surface area contributed by atoms with Crippen molar-refractivity contribution >= 4 is 17.3 Å². The molecule has 2 heterocycles. The number of aliphatic hydroxyl groups is 1. The van der Waals surface area contributed by atoms with Crippen LogP contribution in [-0.2, 0) is 0 Å². The van der Waals surface area contributed by atoms with Crippen molar-refractivity contribution in [2.45, 2.75) is 6.10 Å². The van der Waals surface area contributed by atoms with E-state index < -0.39 is 6.10 Å². The van der Waals surface area contributed by atoms with E-state index in [0.717, 1.165) is 54.0 Å². The molecule has 2 aromatic rings. The van der Waals surface area contributed by atoms with Gasteiger partial charge in [0.15, 0.2) is 11.5 Å². The summed E-state index contributed by atoms with van der Waals surface area (Å²) in [5, 5.41) is 11.4. The second-order valence-corrected chi connectivity index (χ2v) is 7.12. The van der Waals surface area contributed by atoms with E-state index in [1.807, 2.05) is 36.4 Å². The zero-order valence-corrected chi connectivity index (χ0v) is 15.4. The molecule has 26 heavy (non-hydrogen) atoms. The zero-order chi connectivity index (χ0) is 17.9. The monoisotopic (exact) mass is 374 g/mol. The molecule has 0 saturated carbocycles. The van der Waals surface area contributed by atoms with Gasteiger partial charge in [-0.1, -0.05) is 23.7 Å². The van der Waals surface area contributed by atoms with E-state index in [1.54, 1.807) is 0 Å². The van der Waals surface area contributed by atoms with E-state index in [2.05, 4.69) is 15.9 Å². The van der Waals surface area contributed by atoms with E-state index in [0.29, 0.717) is 19.8 Å². The third kappa shape index (κ3) is 3.90. The third-order valence-corrected chi connectivity index (χ3v) is 5.16. The maximum atomic E-state index is 10.6. The maximum absolute atomic E-state index is 10.6. The fourth-order valence-electron chi connectivity index (χ4n) is 3.48. The van der Waals surface area contributed by atoms with Crippen molar-refractivity contribution in [3.05, 3.63) is 53.1 Å². The molecule has 1 N–H and O–H groups in total. The minimum Gasteiger partial charge on any atom is -0.486 e. The average Bonchev–Trinajstić information content (AvgIpc) is 2.68. The van der Waals surface area contributed by atoms with Crippen LogP contribution in [0.5, 0.6) is 11.5 Å². The molecule has 0 aliphatic carbocycles. The van der Waals surface area contributed by atoms with Crippen LogP contribution >= 0.6 is 11.6 Å². The van der Waals surface area contributed by atoms with Crippen LogP contribution in [0, 0.1) is 0 Å². The smallest absolute Gasteiger partial charge is 0.161 e. The number of hydrogen-bond acceptors (Lipinski definition) is 5. The highest BCUT2D eigenvalue weighted by Gasteiger charge is 2.21. The average molecular weight is 375 g/mol. The molecule has 5 nitrogen and oxygen atoms in total. The van der Waals surface area contributed by atoms with Gasteiger partial charge >= 0.3 is 0 Å². The summed E-state index contributed by atoms with van der Waals surface area (Å²) in [5.41, 5.74) is 2.02. The molecule has 6 heteroatoms. The van der Waals surface area contributed by atoms with E-state index >= 15 is 0 Å². The highest BCUT2D eigenvalue weighted by Crippen LogP contribution is 2.33. The minimum absolute atomic E-state index is 0.538. The molecule has 1 fully saturated rings. The molecule has 0 bridgehead atoms. The predicted molar refractivity (Wildman–Crippen MR) is 102 cm³/mol. The van der Waals surface area contributed by atoms with E-state index in [4.69, 9.17) is 21.1 Å². The number of nitrogens with zero attached hydrogens (tertiary/aromatic N) is 2. The SMILES string of the molecule is OC(CN1CCN(c2cccc(Cl)c2)CC1)c1ccc2c(c1)OCCO2. The van der Waals surface area contributed by atoms with Crippen molar-refractivity contribution in [1.29, 1.82) is 0 Å². The molecule has 0 spiro atoms. The Morgan fingerprint density at radius 2 is 1.73 bits per heavy atom. The van der Waals surface area contributed by atoms with Gasteiger partial charge in [-0.05, 0) is 35.9 Å². The largest absolute Gasteiger partial charge is 0.486 e. The molecule has 1 saturated heterocycles. The number of aliphatic hydroxyl groups excluding tert-OH is 1. The number of piperazine rings is 1. The van der Waals surface area contributed by atoms with Gasteiger partial charge in [-0.2, -0.15) is 0 Å². The second-order valence-electron chi connectivity index (χ2n) is 6.69. The first-order valence-corrected chi connectivity index (χ1v) is 9.37. The molecule has 1 atom stereocenters. The molecule has 4 rings (SSSR count). The molecule has 0 aromatic heterocycles. The Hall–Kier alpha value is -1.95. The van der Waals surface area contributed by atoms with Crippen molar-refractivity contribution in [2.24, 2.45) is 0 Å². The van der Waals surface area contributed by atoms with Crippen LogP contribution in [0.1, 0.15) is 11.7 Å². The number of anilines is 1. The summed E-state index contributed by atoms with van der Waals surface area (Å²) in [5.74, 6) is 1.47. The van der Waals surface area contributed by atoms with Gasteiger partial charge < -0.3 is 19.5 Å². The second kappa shape index (κ2) is 7.74. The van der Waals surface area contributed by atoms with Gasteiger partial charge in [-0.15, -0.1) is 0 Å². The summed E-state index contributed by atoms with van der Waals surface area (Å²) in [6, 6.07) is 13.7. The van der Waals surface area contributed by atoms with Crippen LogP contribution < -0.4 is 14.4 Å². The van der Waals surface area contributed by atoms with Gasteiger partial charge in [0, 0.05) is 43.4 Å². The van der Waals surface area contributed by atoms with Gasteiger partial charge in [-0.25, -0.2) is 0 Å². The summed E-state index contributed by atoms with van der Waals surface area (Å²) >= 11 is 6.09. The zero-order valence-electron chi connectivity index (χ0n) is 14.6. The third-order valence-electron chi connectivity index (χ3n) is 4.93. The van der Waals surface area contributed by atoms with Gasteiger partial charge in [0.1, 0.15) is 13.2 Å². The van der Waals surface area contributed by atoms with Crippen LogP contribution in [0.2, 0.25) is 5.02 Å². The summed E-state index contributed by atoms with van der Waals surface area (Å²) in [6.07, 6.45) is -0.538. The number of hydrogen-bond donors (Lipinski definition) is 1. The number of β-amino-alcohol motifs (C(OH)–C–C–N with tert-alkyl or cyclic N) is 1. The number of halogens is 1. The first-order chi connectivity index (χ1) is 12.7. The Labute approximate surface area is 158 Å². The van der Waals surface area contributed by atoms with Crippen molar-refractivity contribution in [3.63, 3.8) is 0 Å². The lowest BCUT2D eigenvalue weighted by Crippen LogP contribution is -2.47. The van der Waals surface area contributed by atoms with Crippen LogP contribution in [0.4, 0.5) is 5.69 Å². The molecule has 0 amide bonds. The van der Waals surface area contributed by atoms with Gasteiger partial charge in [0.2, 0.25) is 0 Å². The molecule has 0 radical (unpaired) electrons. The van der Waals surface area contributed by atoms with Crippen molar-refractivity contribution < 1.29 is 14.6 Å². The number of rotatable bonds is 4. The molecule has 2 aliphatic rings. The Morgan fingerprint density at radius 3 is 2.50 bits per heavy atom. The molecule has 138 valence electrons. The standard InChI is InChI=1S/C20H23ClN2O3/c21-16-2-1-3-17(13-16)23-8-6-22(7-9-23)14-18(24)15-4-5-19-20(12-15)26-11-10-25-19/h1-5,12-13,18,24H,6-11,14H2. The van der Waals surface area contributed by atoms with E-state index in [9.17, 15) is 5.11 Å².